The van der Waals surface area contributed by atoms with Crippen LogP contribution in [0, 0.1) is 0 Å². The van der Waals surface area contributed by atoms with Crippen molar-refractivity contribution in [1.29, 1.82) is 0 Å². The van der Waals surface area contributed by atoms with Crippen LogP contribution in [0.2, 0.25) is 0 Å². The van der Waals surface area contributed by atoms with Gasteiger partial charge in [-0.3, -0.25) is 4.99 Å². The molecule has 0 saturated heterocycles. The first-order valence-corrected chi connectivity index (χ1v) is 3.21. The van der Waals surface area contributed by atoms with Crippen molar-refractivity contribution < 1.29 is 0 Å². The summed E-state index contributed by atoms with van der Waals surface area (Å²) in [5.74, 6) is 0. The molecule has 0 bridgehead atoms. The van der Waals surface area contributed by atoms with Gasteiger partial charge < -0.3 is 0 Å². The lowest BCUT2D eigenvalue weighted by molar-refractivity contribution is 1.23. The summed E-state index contributed by atoms with van der Waals surface area (Å²) in [5.41, 5.74) is 0. The maximum atomic E-state index is 3.94. The second-order valence-electron chi connectivity index (χ2n) is 1.62. The van der Waals surface area contributed by atoms with Crippen LogP contribution < -0.4 is 0 Å². The summed E-state index contributed by atoms with van der Waals surface area (Å²) in [7, 11) is 0. The molecule has 0 saturated carbocycles. The van der Waals surface area contributed by atoms with Crippen molar-refractivity contribution in [2.24, 2.45) is 4.99 Å². The molecule has 0 heterocycles. The Bertz CT molecular complexity index is 121. The summed E-state index contributed by atoms with van der Waals surface area (Å²) in [4.78, 5) is 3.94. The first kappa shape index (κ1) is 8.15. The summed E-state index contributed by atoms with van der Waals surface area (Å²) in [5, 5.41) is 0. The molecule has 0 atom stereocenters. The molecular formula is C8H13N. The summed E-state index contributed by atoms with van der Waals surface area (Å²) in [6.07, 6.45) is 10.5. The Morgan fingerprint density at radius 1 is 1.44 bits per heavy atom. The normalized spacial score (nSPS) is 12.7. The summed E-state index contributed by atoms with van der Waals surface area (Å²) >= 11 is 0. The zero-order valence-corrected chi connectivity index (χ0v) is 6.04. The van der Waals surface area contributed by atoms with Gasteiger partial charge in [0.05, 0.1) is 0 Å². The Hall–Kier alpha value is -0.850. The van der Waals surface area contributed by atoms with Gasteiger partial charge >= 0.3 is 0 Å². The number of hydrogen-bond acceptors (Lipinski definition) is 1. The molecule has 0 aliphatic heterocycles. The van der Waals surface area contributed by atoms with Gasteiger partial charge in [0.2, 0.25) is 0 Å². The van der Waals surface area contributed by atoms with Crippen LogP contribution in [0.15, 0.2) is 29.4 Å². The standard InChI is InChI=1S/C8H13N/c1-3-5-6-8-9-7-4-2/h4-8H,3H2,1-2H3/b6-5?,7-4-,9-8?. The quantitative estimate of drug-likeness (QED) is 0.511. The Morgan fingerprint density at radius 2 is 2.22 bits per heavy atom. The molecule has 1 nitrogen and oxygen atoms in total. The predicted octanol–water partition coefficient (Wildman–Crippen LogP) is 2.56. The molecule has 0 aliphatic carbocycles. The van der Waals surface area contributed by atoms with Crippen molar-refractivity contribution in [1.82, 2.24) is 0 Å². The van der Waals surface area contributed by atoms with Crippen LogP contribution in [-0.2, 0) is 0 Å². The van der Waals surface area contributed by atoms with E-state index in [1.807, 2.05) is 19.1 Å². The van der Waals surface area contributed by atoms with Crippen LogP contribution >= 0.6 is 0 Å². The van der Waals surface area contributed by atoms with Crippen LogP contribution in [0.1, 0.15) is 20.3 Å². The van der Waals surface area contributed by atoms with E-state index in [9.17, 15) is 0 Å². The Balaban J connectivity index is 3.35. The number of rotatable bonds is 3. The number of hydrogen-bond donors (Lipinski definition) is 0. The van der Waals surface area contributed by atoms with Gasteiger partial charge in [-0.05, 0) is 19.4 Å². The lowest BCUT2D eigenvalue weighted by Gasteiger charge is -1.72. The smallest absolute Gasteiger partial charge is 0.0264 e. The molecule has 1 heteroatoms. The average Bonchev–Trinajstić information content (AvgIpc) is 1.89. The topological polar surface area (TPSA) is 12.4 Å². The monoisotopic (exact) mass is 123 g/mol. The third kappa shape index (κ3) is 7.15. The molecule has 0 radical (unpaired) electrons. The summed E-state index contributed by atoms with van der Waals surface area (Å²) < 4.78 is 0. The third-order valence-corrected chi connectivity index (χ3v) is 0.779. The molecule has 9 heavy (non-hydrogen) atoms. The highest BCUT2D eigenvalue weighted by molar-refractivity contribution is 5.71. The van der Waals surface area contributed by atoms with Crippen LogP contribution in [0.5, 0.6) is 0 Å². The van der Waals surface area contributed by atoms with E-state index in [-0.39, 0.29) is 0 Å². The van der Waals surface area contributed by atoms with Gasteiger partial charge in [-0.2, -0.15) is 0 Å². The van der Waals surface area contributed by atoms with Crippen molar-refractivity contribution in [3.05, 3.63) is 24.4 Å². The minimum Gasteiger partial charge on any atom is -0.265 e. The minimum atomic E-state index is 1.07. The Kier molecular flexibility index (Phi) is 6.47. The van der Waals surface area contributed by atoms with E-state index < -0.39 is 0 Å². The molecule has 50 valence electrons. The van der Waals surface area contributed by atoms with Crippen molar-refractivity contribution >= 4 is 6.21 Å². The fourth-order valence-electron chi connectivity index (χ4n) is 0.382. The van der Waals surface area contributed by atoms with E-state index in [0.29, 0.717) is 0 Å². The van der Waals surface area contributed by atoms with E-state index in [4.69, 9.17) is 0 Å². The highest BCUT2D eigenvalue weighted by Crippen LogP contribution is 1.77. The van der Waals surface area contributed by atoms with E-state index in [2.05, 4.69) is 18.0 Å². The molecule has 0 aromatic rings. The molecule has 0 unspecified atom stereocenters. The second-order valence-corrected chi connectivity index (χ2v) is 1.62. The molecule has 0 aromatic heterocycles. The van der Waals surface area contributed by atoms with Crippen LogP contribution in [0.25, 0.3) is 0 Å². The van der Waals surface area contributed by atoms with Crippen molar-refractivity contribution in [3.8, 4) is 0 Å². The lowest BCUT2D eigenvalue weighted by atomic mass is 10.4. The number of allylic oxidation sites excluding steroid dienone is 3. The minimum absolute atomic E-state index is 1.07. The van der Waals surface area contributed by atoms with E-state index in [1.54, 1.807) is 12.4 Å². The highest BCUT2D eigenvalue weighted by Gasteiger charge is 1.60. The first-order valence-electron chi connectivity index (χ1n) is 3.21. The van der Waals surface area contributed by atoms with E-state index >= 15 is 0 Å². The number of aliphatic imine (C=N–C) groups is 1. The van der Waals surface area contributed by atoms with Gasteiger partial charge in [0.25, 0.3) is 0 Å². The zero-order valence-electron chi connectivity index (χ0n) is 6.04. The van der Waals surface area contributed by atoms with Crippen molar-refractivity contribution in [2.45, 2.75) is 20.3 Å². The molecule has 0 rings (SSSR count). The maximum absolute atomic E-state index is 3.94. The molecular weight excluding hydrogens is 110 g/mol. The predicted molar refractivity (Wildman–Crippen MR) is 42.7 cm³/mol. The molecule has 0 spiro atoms. The van der Waals surface area contributed by atoms with Gasteiger partial charge in [0, 0.05) is 12.4 Å². The summed E-state index contributed by atoms with van der Waals surface area (Å²) in [6.45, 7) is 4.04. The lowest BCUT2D eigenvalue weighted by Crippen LogP contribution is -1.60. The maximum Gasteiger partial charge on any atom is 0.0264 e. The highest BCUT2D eigenvalue weighted by atomic mass is 14.6. The van der Waals surface area contributed by atoms with Gasteiger partial charge in [0.15, 0.2) is 0 Å². The third-order valence-electron chi connectivity index (χ3n) is 0.779. The summed E-state index contributed by atoms with van der Waals surface area (Å²) in [6, 6.07) is 0. The van der Waals surface area contributed by atoms with Gasteiger partial charge in [-0.1, -0.05) is 19.1 Å². The van der Waals surface area contributed by atoms with Crippen molar-refractivity contribution in [3.63, 3.8) is 0 Å². The average molecular weight is 123 g/mol. The van der Waals surface area contributed by atoms with Crippen LogP contribution in [0.4, 0.5) is 0 Å². The van der Waals surface area contributed by atoms with E-state index in [1.165, 1.54) is 0 Å². The largest absolute Gasteiger partial charge is 0.265 e. The fourth-order valence-corrected chi connectivity index (χ4v) is 0.382. The number of nitrogens with zero attached hydrogens (tertiary/aromatic N) is 1. The molecule has 0 aliphatic rings. The molecule has 0 amide bonds. The van der Waals surface area contributed by atoms with Crippen LogP contribution in [-0.4, -0.2) is 6.21 Å². The van der Waals surface area contributed by atoms with E-state index in [0.717, 1.165) is 6.42 Å². The van der Waals surface area contributed by atoms with Gasteiger partial charge in [-0.25, -0.2) is 0 Å². The van der Waals surface area contributed by atoms with Crippen LogP contribution in [0.3, 0.4) is 0 Å². The first-order chi connectivity index (χ1) is 4.41. The molecule has 0 fully saturated rings. The zero-order chi connectivity index (χ0) is 6.95. The second kappa shape index (κ2) is 7.15. The van der Waals surface area contributed by atoms with Gasteiger partial charge in [-0.15, -0.1) is 0 Å². The van der Waals surface area contributed by atoms with Crippen molar-refractivity contribution in [2.75, 3.05) is 0 Å². The Morgan fingerprint density at radius 3 is 2.78 bits per heavy atom. The SMILES string of the molecule is C/C=C\N=CC=CCC. The fraction of sp³-hybridized carbons (Fsp3) is 0.375. The molecule has 0 N–H and O–H groups in total. The molecule has 0 aromatic carbocycles. The Labute approximate surface area is 56.8 Å². The van der Waals surface area contributed by atoms with Gasteiger partial charge in [0.1, 0.15) is 0 Å².